The second kappa shape index (κ2) is 6.89. The highest BCUT2D eigenvalue weighted by Crippen LogP contribution is 2.25. The van der Waals surface area contributed by atoms with Crippen molar-refractivity contribution in [1.29, 1.82) is 0 Å². The molecule has 1 atom stereocenters. The predicted molar refractivity (Wildman–Crippen MR) is 89.4 cm³/mol. The van der Waals surface area contributed by atoms with Crippen molar-refractivity contribution >= 4 is 58.0 Å². The summed E-state index contributed by atoms with van der Waals surface area (Å²) in [6, 6.07) is 5.73. The molecule has 18 heavy (non-hydrogen) atoms. The molecular formula is C12H15ClN2S3. The van der Waals surface area contributed by atoms with Gasteiger partial charge in [0.25, 0.3) is 0 Å². The molecule has 1 aliphatic heterocycles. The Labute approximate surface area is 126 Å². The zero-order chi connectivity index (χ0) is 13.0. The van der Waals surface area contributed by atoms with E-state index in [4.69, 9.17) is 29.6 Å². The first-order valence-electron chi connectivity index (χ1n) is 5.69. The Kier molecular flexibility index (Phi) is 5.48. The fourth-order valence-electron chi connectivity index (χ4n) is 1.71. The van der Waals surface area contributed by atoms with E-state index in [0.717, 1.165) is 17.8 Å². The third kappa shape index (κ3) is 3.95. The Balaban J connectivity index is 1.93. The van der Waals surface area contributed by atoms with Crippen LogP contribution in [0.2, 0.25) is 5.02 Å². The first-order chi connectivity index (χ1) is 8.66. The maximum atomic E-state index is 6.13. The minimum absolute atomic E-state index is 0.339. The number of nitrogens with two attached hydrogens (primary N) is 1. The van der Waals surface area contributed by atoms with E-state index < -0.39 is 0 Å². The zero-order valence-corrected chi connectivity index (χ0v) is 13.0. The number of thioether (sulfide) groups is 2. The second-order valence-electron chi connectivity index (χ2n) is 4.01. The molecule has 1 heterocycles. The van der Waals surface area contributed by atoms with Crippen molar-refractivity contribution in [2.24, 2.45) is 5.73 Å². The van der Waals surface area contributed by atoms with Crippen LogP contribution in [0.3, 0.4) is 0 Å². The molecule has 0 aliphatic carbocycles. The van der Waals surface area contributed by atoms with Crippen molar-refractivity contribution in [2.75, 3.05) is 29.1 Å². The van der Waals surface area contributed by atoms with Crippen LogP contribution < -0.4 is 11.1 Å². The van der Waals surface area contributed by atoms with E-state index in [1.165, 1.54) is 17.3 Å². The van der Waals surface area contributed by atoms with Crippen molar-refractivity contribution in [3.05, 3.63) is 28.8 Å². The highest BCUT2D eigenvalue weighted by Gasteiger charge is 2.14. The summed E-state index contributed by atoms with van der Waals surface area (Å²) < 4.78 is 0. The molecule has 2 rings (SSSR count). The Bertz CT molecular complexity index is 433. The average molecular weight is 319 g/mol. The number of hydrogen-bond acceptors (Lipinski definition) is 4. The van der Waals surface area contributed by atoms with Gasteiger partial charge in [-0.3, -0.25) is 0 Å². The number of anilines is 1. The lowest BCUT2D eigenvalue weighted by atomic mass is 10.2. The lowest BCUT2D eigenvalue weighted by Crippen LogP contribution is -2.23. The standard InChI is InChI=1S/C12H15ClN2S3/c13-11-5-8(1-2-10(11)12(14)16)15-6-9-7-17-3-4-18-9/h1-2,5,9,15H,3-4,6-7H2,(H2,14,16). The Hall–Kier alpha value is -0.100. The van der Waals surface area contributed by atoms with E-state index in [1.54, 1.807) is 0 Å². The number of nitrogens with one attached hydrogen (secondary N) is 1. The Morgan fingerprint density at radius 1 is 1.50 bits per heavy atom. The first-order valence-corrected chi connectivity index (χ1v) is 8.68. The van der Waals surface area contributed by atoms with E-state index in [1.807, 2.05) is 41.7 Å². The number of rotatable bonds is 4. The normalized spacial score (nSPS) is 19.5. The van der Waals surface area contributed by atoms with Crippen LogP contribution in [-0.4, -0.2) is 34.0 Å². The molecule has 0 radical (unpaired) electrons. The molecule has 0 amide bonds. The summed E-state index contributed by atoms with van der Waals surface area (Å²) >= 11 is 15.1. The van der Waals surface area contributed by atoms with Crippen LogP contribution in [0.25, 0.3) is 0 Å². The summed E-state index contributed by atoms with van der Waals surface area (Å²) in [5, 5.41) is 4.71. The van der Waals surface area contributed by atoms with Crippen molar-refractivity contribution in [3.8, 4) is 0 Å². The van der Waals surface area contributed by atoms with Crippen LogP contribution in [0, 0.1) is 0 Å². The van der Waals surface area contributed by atoms with Gasteiger partial charge in [0, 0.05) is 40.3 Å². The molecule has 1 saturated heterocycles. The smallest absolute Gasteiger partial charge is 0.105 e. The third-order valence-electron chi connectivity index (χ3n) is 2.65. The summed E-state index contributed by atoms with van der Waals surface area (Å²) in [5.41, 5.74) is 7.34. The molecule has 1 aliphatic rings. The highest BCUT2D eigenvalue weighted by molar-refractivity contribution is 8.06. The average Bonchev–Trinajstić information content (AvgIpc) is 2.37. The number of halogens is 1. The molecule has 0 bridgehead atoms. The summed E-state index contributed by atoms with van der Waals surface area (Å²) in [6.07, 6.45) is 0. The molecule has 1 aromatic rings. The lowest BCUT2D eigenvalue weighted by molar-refractivity contribution is 1.00. The molecule has 2 nitrogen and oxygen atoms in total. The monoisotopic (exact) mass is 318 g/mol. The van der Waals surface area contributed by atoms with Crippen LogP contribution >= 0.6 is 47.3 Å². The Morgan fingerprint density at radius 2 is 2.33 bits per heavy atom. The van der Waals surface area contributed by atoms with Crippen molar-refractivity contribution in [3.63, 3.8) is 0 Å². The SMILES string of the molecule is NC(=S)c1ccc(NCC2CSCCS2)cc1Cl. The molecule has 1 aromatic carbocycles. The zero-order valence-electron chi connectivity index (χ0n) is 9.82. The maximum Gasteiger partial charge on any atom is 0.105 e. The first kappa shape index (κ1) is 14.3. The van der Waals surface area contributed by atoms with E-state index in [9.17, 15) is 0 Å². The minimum Gasteiger partial charge on any atom is -0.389 e. The van der Waals surface area contributed by atoms with E-state index in [-0.39, 0.29) is 0 Å². The van der Waals surface area contributed by atoms with E-state index in [0.29, 0.717) is 15.3 Å². The van der Waals surface area contributed by atoms with Crippen molar-refractivity contribution in [1.82, 2.24) is 0 Å². The molecular weight excluding hydrogens is 304 g/mol. The fourth-order valence-corrected chi connectivity index (χ4v) is 4.84. The fraction of sp³-hybridized carbons (Fsp3) is 0.417. The van der Waals surface area contributed by atoms with Crippen LogP contribution in [0.15, 0.2) is 18.2 Å². The van der Waals surface area contributed by atoms with Gasteiger partial charge in [0.15, 0.2) is 0 Å². The van der Waals surface area contributed by atoms with E-state index in [2.05, 4.69) is 5.32 Å². The second-order valence-corrected chi connectivity index (χ2v) is 7.41. The summed E-state index contributed by atoms with van der Waals surface area (Å²) in [6.45, 7) is 0.973. The van der Waals surface area contributed by atoms with Crippen LogP contribution in [0.5, 0.6) is 0 Å². The van der Waals surface area contributed by atoms with Gasteiger partial charge in [-0.25, -0.2) is 0 Å². The van der Waals surface area contributed by atoms with Crippen LogP contribution in [-0.2, 0) is 0 Å². The van der Waals surface area contributed by atoms with Gasteiger partial charge >= 0.3 is 0 Å². The molecule has 0 aromatic heterocycles. The molecule has 98 valence electrons. The van der Waals surface area contributed by atoms with Gasteiger partial charge in [-0.1, -0.05) is 23.8 Å². The topological polar surface area (TPSA) is 38.0 Å². The predicted octanol–water partition coefficient (Wildman–Crippen LogP) is 3.23. The summed E-state index contributed by atoms with van der Waals surface area (Å²) in [4.78, 5) is 0.339. The van der Waals surface area contributed by atoms with Crippen LogP contribution in [0.1, 0.15) is 5.56 Å². The van der Waals surface area contributed by atoms with Gasteiger partial charge in [0.2, 0.25) is 0 Å². The van der Waals surface area contributed by atoms with Gasteiger partial charge in [0.1, 0.15) is 4.99 Å². The highest BCUT2D eigenvalue weighted by atomic mass is 35.5. The number of benzene rings is 1. The van der Waals surface area contributed by atoms with Gasteiger partial charge in [-0.2, -0.15) is 23.5 Å². The summed E-state index contributed by atoms with van der Waals surface area (Å²) in [5.74, 6) is 3.74. The lowest BCUT2D eigenvalue weighted by Gasteiger charge is -2.21. The van der Waals surface area contributed by atoms with Crippen molar-refractivity contribution in [2.45, 2.75) is 5.25 Å². The molecule has 1 unspecified atom stereocenters. The third-order valence-corrected chi connectivity index (χ3v) is 6.03. The quantitative estimate of drug-likeness (QED) is 0.834. The maximum absolute atomic E-state index is 6.13. The van der Waals surface area contributed by atoms with Gasteiger partial charge < -0.3 is 11.1 Å². The summed E-state index contributed by atoms with van der Waals surface area (Å²) in [7, 11) is 0. The molecule has 3 N–H and O–H groups in total. The molecule has 6 heteroatoms. The number of thiocarbonyl (C=S) groups is 1. The minimum atomic E-state index is 0.339. The molecule has 1 fully saturated rings. The van der Waals surface area contributed by atoms with E-state index >= 15 is 0 Å². The Morgan fingerprint density at radius 3 is 2.94 bits per heavy atom. The number of hydrogen-bond donors (Lipinski definition) is 2. The molecule has 0 spiro atoms. The van der Waals surface area contributed by atoms with Gasteiger partial charge in [0.05, 0.1) is 5.02 Å². The van der Waals surface area contributed by atoms with Gasteiger partial charge in [-0.05, 0) is 18.2 Å². The van der Waals surface area contributed by atoms with Crippen molar-refractivity contribution < 1.29 is 0 Å². The largest absolute Gasteiger partial charge is 0.389 e. The van der Waals surface area contributed by atoms with Crippen LogP contribution in [0.4, 0.5) is 5.69 Å². The molecule has 0 saturated carbocycles. The van der Waals surface area contributed by atoms with Gasteiger partial charge in [-0.15, -0.1) is 0 Å².